The number of halogens is 4. The van der Waals surface area contributed by atoms with Gasteiger partial charge in [0.05, 0.1) is 14.2 Å². The van der Waals surface area contributed by atoms with Crippen LogP contribution >= 0.6 is 0 Å². The average Bonchev–Trinajstić information content (AvgIpc) is 2.82. The molecular formula is C25H20F4O5. The lowest BCUT2D eigenvalue weighted by Gasteiger charge is -2.12. The minimum absolute atomic E-state index is 0.00328. The lowest BCUT2D eigenvalue weighted by molar-refractivity contribution is -0.0512. The van der Waals surface area contributed by atoms with Crippen molar-refractivity contribution in [3.8, 4) is 23.0 Å². The second-order valence-electron chi connectivity index (χ2n) is 6.88. The van der Waals surface area contributed by atoms with Gasteiger partial charge in [0.25, 0.3) is 0 Å². The number of alkyl halides is 2. The molecule has 0 aliphatic rings. The topological polar surface area (TPSA) is 54.0 Å². The third-order valence-corrected chi connectivity index (χ3v) is 4.67. The van der Waals surface area contributed by atoms with E-state index in [4.69, 9.17) is 14.2 Å². The second kappa shape index (κ2) is 11.2. The Bertz CT molecular complexity index is 1190. The molecule has 0 saturated carbocycles. The van der Waals surface area contributed by atoms with E-state index in [0.717, 1.165) is 12.1 Å². The first-order valence-corrected chi connectivity index (χ1v) is 9.90. The van der Waals surface area contributed by atoms with E-state index in [1.165, 1.54) is 44.6 Å². The molecule has 3 rings (SSSR count). The van der Waals surface area contributed by atoms with Crippen molar-refractivity contribution >= 4 is 11.9 Å². The molecule has 0 fully saturated rings. The SMILES string of the molecule is COc1ccc(/C=C/C(=O)c2ccc(OC(F)F)c(OC)c2)cc1COc1ccc(F)cc1F. The van der Waals surface area contributed by atoms with Gasteiger partial charge in [-0.3, -0.25) is 4.79 Å². The number of allylic oxidation sites excluding steroid dienone is 1. The van der Waals surface area contributed by atoms with Gasteiger partial charge in [-0.15, -0.1) is 0 Å². The summed E-state index contributed by atoms with van der Waals surface area (Å²) in [6, 6.07) is 11.9. The molecule has 0 aromatic heterocycles. The Morgan fingerprint density at radius 2 is 1.59 bits per heavy atom. The van der Waals surface area contributed by atoms with Crippen LogP contribution in [0.1, 0.15) is 21.5 Å². The smallest absolute Gasteiger partial charge is 0.387 e. The predicted molar refractivity (Wildman–Crippen MR) is 117 cm³/mol. The minimum Gasteiger partial charge on any atom is -0.496 e. The van der Waals surface area contributed by atoms with Gasteiger partial charge in [0.1, 0.15) is 18.2 Å². The number of rotatable bonds is 10. The largest absolute Gasteiger partial charge is 0.496 e. The normalized spacial score (nSPS) is 11.0. The molecule has 0 N–H and O–H groups in total. The van der Waals surface area contributed by atoms with Crippen molar-refractivity contribution in [3.05, 3.63) is 89.0 Å². The van der Waals surface area contributed by atoms with Crippen LogP contribution in [0.5, 0.6) is 23.0 Å². The molecule has 3 aromatic rings. The quantitative estimate of drug-likeness (QED) is 0.202. The van der Waals surface area contributed by atoms with Crippen molar-refractivity contribution in [3.63, 3.8) is 0 Å². The summed E-state index contributed by atoms with van der Waals surface area (Å²) in [6.07, 6.45) is 2.84. The number of hydrogen-bond acceptors (Lipinski definition) is 5. The zero-order valence-corrected chi connectivity index (χ0v) is 18.2. The lowest BCUT2D eigenvalue weighted by atomic mass is 10.1. The van der Waals surface area contributed by atoms with Gasteiger partial charge >= 0.3 is 6.61 Å². The van der Waals surface area contributed by atoms with Crippen molar-refractivity contribution in [2.45, 2.75) is 13.2 Å². The highest BCUT2D eigenvalue weighted by Crippen LogP contribution is 2.30. The fourth-order valence-corrected chi connectivity index (χ4v) is 3.05. The van der Waals surface area contributed by atoms with E-state index in [0.29, 0.717) is 16.9 Å². The molecule has 178 valence electrons. The summed E-state index contributed by atoms with van der Waals surface area (Å²) in [4.78, 5) is 12.6. The molecule has 0 bridgehead atoms. The zero-order chi connectivity index (χ0) is 24.7. The number of ether oxygens (including phenoxy) is 4. The van der Waals surface area contributed by atoms with Gasteiger partial charge in [0.15, 0.2) is 28.8 Å². The van der Waals surface area contributed by atoms with Crippen molar-refractivity contribution in [2.24, 2.45) is 0 Å². The molecule has 0 spiro atoms. The maximum Gasteiger partial charge on any atom is 0.387 e. The van der Waals surface area contributed by atoms with Crippen LogP contribution in [0, 0.1) is 11.6 Å². The molecule has 0 amide bonds. The van der Waals surface area contributed by atoms with Crippen molar-refractivity contribution < 1.29 is 41.3 Å². The molecule has 5 nitrogen and oxygen atoms in total. The average molecular weight is 476 g/mol. The molecule has 0 saturated heterocycles. The van der Waals surface area contributed by atoms with Crippen LogP contribution in [-0.2, 0) is 6.61 Å². The van der Waals surface area contributed by atoms with Gasteiger partial charge in [-0.05, 0) is 54.1 Å². The molecule has 0 aliphatic heterocycles. The van der Waals surface area contributed by atoms with E-state index in [9.17, 15) is 22.4 Å². The Labute approximate surface area is 193 Å². The molecule has 0 atom stereocenters. The lowest BCUT2D eigenvalue weighted by Crippen LogP contribution is -2.04. The Morgan fingerprint density at radius 1 is 0.882 bits per heavy atom. The van der Waals surface area contributed by atoms with Crippen LogP contribution in [0.25, 0.3) is 6.08 Å². The minimum atomic E-state index is -3.02. The molecule has 3 aromatic carbocycles. The van der Waals surface area contributed by atoms with Crippen LogP contribution in [0.2, 0.25) is 0 Å². The first-order valence-electron chi connectivity index (χ1n) is 9.90. The van der Waals surface area contributed by atoms with E-state index in [2.05, 4.69) is 4.74 Å². The molecule has 0 radical (unpaired) electrons. The third-order valence-electron chi connectivity index (χ3n) is 4.67. The summed E-state index contributed by atoms with van der Waals surface area (Å²) in [5, 5.41) is 0. The Morgan fingerprint density at radius 3 is 2.26 bits per heavy atom. The number of benzene rings is 3. The summed E-state index contributed by atoms with van der Waals surface area (Å²) in [5.74, 6) is -1.78. The highest BCUT2D eigenvalue weighted by atomic mass is 19.3. The van der Waals surface area contributed by atoms with Crippen molar-refractivity contribution in [2.75, 3.05) is 14.2 Å². The first kappa shape index (κ1) is 24.6. The molecular weight excluding hydrogens is 456 g/mol. The van der Waals surface area contributed by atoms with Gasteiger partial charge in [-0.2, -0.15) is 8.78 Å². The first-order chi connectivity index (χ1) is 16.3. The van der Waals surface area contributed by atoms with Crippen LogP contribution in [0.3, 0.4) is 0 Å². The Hall–Kier alpha value is -4.01. The van der Waals surface area contributed by atoms with Crippen LogP contribution in [-0.4, -0.2) is 26.6 Å². The highest BCUT2D eigenvalue weighted by Gasteiger charge is 2.13. The number of methoxy groups -OCH3 is 2. The molecule has 9 heteroatoms. The van der Waals surface area contributed by atoms with Crippen molar-refractivity contribution in [1.82, 2.24) is 0 Å². The number of hydrogen-bond donors (Lipinski definition) is 0. The van der Waals surface area contributed by atoms with Gasteiger partial charge in [-0.1, -0.05) is 12.1 Å². The van der Waals surface area contributed by atoms with E-state index in [1.54, 1.807) is 24.3 Å². The highest BCUT2D eigenvalue weighted by molar-refractivity contribution is 6.07. The number of ketones is 1. The van der Waals surface area contributed by atoms with E-state index in [1.807, 2.05) is 0 Å². The molecule has 0 aliphatic carbocycles. The summed E-state index contributed by atoms with van der Waals surface area (Å²) in [5.41, 5.74) is 1.39. The van der Waals surface area contributed by atoms with Gasteiger partial charge in [0, 0.05) is 17.2 Å². The number of carbonyl (C=O) groups excluding carboxylic acids is 1. The van der Waals surface area contributed by atoms with Gasteiger partial charge in [0.2, 0.25) is 0 Å². The van der Waals surface area contributed by atoms with Crippen molar-refractivity contribution in [1.29, 1.82) is 0 Å². The van der Waals surface area contributed by atoms with Crippen LogP contribution < -0.4 is 18.9 Å². The molecule has 34 heavy (non-hydrogen) atoms. The monoisotopic (exact) mass is 476 g/mol. The van der Waals surface area contributed by atoms with Gasteiger partial charge < -0.3 is 18.9 Å². The number of carbonyl (C=O) groups is 1. The fourth-order valence-electron chi connectivity index (χ4n) is 3.05. The van der Waals surface area contributed by atoms with E-state index >= 15 is 0 Å². The Kier molecular flexibility index (Phi) is 8.13. The van der Waals surface area contributed by atoms with Gasteiger partial charge in [-0.25, -0.2) is 8.78 Å². The maximum absolute atomic E-state index is 13.8. The summed E-state index contributed by atoms with van der Waals surface area (Å²) in [7, 11) is 2.74. The van der Waals surface area contributed by atoms with E-state index in [-0.39, 0.29) is 29.4 Å². The molecule has 0 unspecified atom stereocenters. The van der Waals surface area contributed by atoms with Crippen LogP contribution in [0.4, 0.5) is 17.6 Å². The predicted octanol–water partition coefficient (Wildman–Crippen LogP) is 6.06. The zero-order valence-electron chi connectivity index (χ0n) is 18.2. The molecule has 0 heterocycles. The summed E-state index contributed by atoms with van der Waals surface area (Å²) < 4.78 is 71.9. The second-order valence-corrected chi connectivity index (χ2v) is 6.88. The summed E-state index contributed by atoms with van der Waals surface area (Å²) in [6.45, 7) is -3.09. The summed E-state index contributed by atoms with van der Waals surface area (Å²) >= 11 is 0. The standard InChI is InChI=1S/C25H20F4O5/c1-31-21-8-4-15(11-17(21)14-33-22-10-6-18(26)13-19(22)27)3-7-20(30)16-5-9-23(34-25(28)29)24(12-16)32-2/h3-13,25H,14H2,1-2H3/b7-3+. The fraction of sp³-hybridized carbons (Fsp3) is 0.160. The third kappa shape index (κ3) is 6.28. The Balaban J connectivity index is 1.76. The van der Waals surface area contributed by atoms with Crippen LogP contribution in [0.15, 0.2) is 60.7 Å². The maximum atomic E-state index is 13.8. The van der Waals surface area contributed by atoms with E-state index < -0.39 is 24.0 Å².